The summed E-state index contributed by atoms with van der Waals surface area (Å²) >= 11 is 0. The van der Waals surface area contributed by atoms with Gasteiger partial charge in [-0.05, 0) is 35.2 Å². The standard InChI is InChI=1S/C23H22N2O2S/c26-28(27,20-12-5-2-6-13-20)25-17-22-21-14-8-7-9-18(21)15-16-24(22)23(25)19-10-3-1-4-11-19/h1-14,22-23H,15-17H2/t22-,23+/m0/s1. The van der Waals surface area contributed by atoms with Crippen molar-refractivity contribution in [1.29, 1.82) is 0 Å². The Bertz CT molecular complexity index is 1080. The molecule has 1 fully saturated rings. The molecule has 0 aromatic heterocycles. The van der Waals surface area contributed by atoms with Gasteiger partial charge in [-0.1, -0.05) is 72.8 Å². The van der Waals surface area contributed by atoms with Crippen LogP contribution in [0, 0.1) is 0 Å². The molecule has 2 atom stereocenters. The van der Waals surface area contributed by atoms with Crippen molar-refractivity contribution >= 4 is 10.0 Å². The van der Waals surface area contributed by atoms with Crippen molar-refractivity contribution in [3.63, 3.8) is 0 Å². The maximum absolute atomic E-state index is 13.6. The summed E-state index contributed by atoms with van der Waals surface area (Å²) in [5, 5.41) is 0. The summed E-state index contributed by atoms with van der Waals surface area (Å²) in [5.41, 5.74) is 3.60. The van der Waals surface area contributed by atoms with Gasteiger partial charge in [0.2, 0.25) is 10.0 Å². The smallest absolute Gasteiger partial charge is 0.244 e. The Hall–Kier alpha value is -2.47. The highest BCUT2D eigenvalue weighted by atomic mass is 32.2. The van der Waals surface area contributed by atoms with Crippen molar-refractivity contribution < 1.29 is 8.42 Å². The average Bonchev–Trinajstić information content (AvgIpc) is 3.16. The van der Waals surface area contributed by atoms with Crippen LogP contribution in [0.2, 0.25) is 0 Å². The fourth-order valence-electron chi connectivity index (χ4n) is 4.54. The summed E-state index contributed by atoms with van der Waals surface area (Å²) in [6.45, 7) is 1.32. The highest BCUT2D eigenvalue weighted by Crippen LogP contribution is 2.46. The van der Waals surface area contributed by atoms with Crippen LogP contribution in [0.25, 0.3) is 0 Å². The molecule has 0 bridgehead atoms. The van der Waals surface area contributed by atoms with Gasteiger partial charge in [0, 0.05) is 13.1 Å². The van der Waals surface area contributed by atoms with Gasteiger partial charge in [-0.2, -0.15) is 4.31 Å². The molecule has 2 heterocycles. The van der Waals surface area contributed by atoms with Gasteiger partial charge in [0.15, 0.2) is 0 Å². The summed E-state index contributed by atoms with van der Waals surface area (Å²) in [6.07, 6.45) is 0.652. The zero-order valence-electron chi connectivity index (χ0n) is 15.5. The van der Waals surface area contributed by atoms with Gasteiger partial charge >= 0.3 is 0 Å². The van der Waals surface area contributed by atoms with Crippen molar-refractivity contribution in [3.05, 3.63) is 102 Å². The van der Waals surface area contributed by atoms with Crippen LogP contribution in [0.1, 0.15) is 28.9 Å². The van der Waals surface area contributed by atoms with Gasteiger partial charge in [-0.15, -0.1) is 0 Å². The van der Waals surface area contributed by atoms with Gasteiger partial charge in [0.05, 0.1) is 10.9 Å². The lowest BCUT2D eigenvalue weighted by Gasteiger charge is -2.35. The molecule has 1 saturated heterocycles. The van der Waals surface area contributed by atoms with Gasteiger partial charge in [-0.3, -0.25) is 4.90 Å². The second kappa shape index (κ2) is 6.85. The first kappa shape index (κ1) is 17.6. The van der Waals surface area contributed by atoms with Gasteiger partial charge in [0.25, 0.3) is 0 Å². The predicted molar refractivity (Wildman–Crippen MR) is 109 cm³/mol. The summed E-state index contributed by atoms with van der Waals surface area (Å²) < 4.78 is 28.8. The molecule has 2 aliphatic heterocycles. The van der Waals surface area contributed by atoms with Crippen molar-refractivity contribution in [2.24, 2.45) is 0 Å². The molecule has 28 heavy (non-hydrogen) atoms. The Kier molecular flexibility index (Phi) is 4.31. The normalized spacial score (nSPS) is 22.6. The highest BCUT2D eigenvalue weighted by molar-refractivity contribution is 7.89. The number of rotatable bonds is 3. The molecule has 0 radical (unpaired) electrons. The quantitative estimate of drug-likeness (QED) is 0.679. The molecule has 0 spiro atoms. The topological polar surface area (TPSA) is 40.6 Å². The number of benzene rings is 3. The number of hydrogen-bond acceptors (Lipinski definition) is 3. The maximum Gasteiger partial charge on any atom is 0.244 e. The molecule has 0 unspecified atom stereocenters. The van der Waals surface area contributed by atoms with Crippen LogP contribution in [0.5, 0.6) is 0 Å². The second-order valence-corrected chi connectivity index (χ2v) is 9.27. The minimum absolute atomic E-state index is 0.0774. The van der Waals surface area contributed by atoms with Gasteiger partial charge in [0.1, 0.15) is 6.17 Å². The third-order valence-electron chi connectivity index (χ3n) is 5.84. The summed E-state index contributed by atoms with van der Waals surface area (Å²) in [6, 6.07) is 27.3. The lowest BCUT2D eigenvalue weighted by molar-refractivity contribution is 0.154. The van der Waals surface area contributed by atoms with E-state index >= 15 is 0 Å². The Labute approximate surface area is 166 Å². The molecule has 4 nitrogen and oxygen atoms in total. The van der Waals surface area contributed by atoms with Crippen LogP contribution >= 0.6 is 0 Å². The minimum Gasteiger partial charge on any atom is -0.274 e. The third kappa shape index (κ3) is 2.78. The molecule has 3 aromatic carbocycles. The fourth-order valence-corrected chi connectivity index (χ4v) is 6.16. The van der Waals surface area contributed by atoms with Crippen LogP contribution in [-0.4, -0.2) is 30.7 Å². The van der Waals surface area contributed by atoms with E-state index < -0.39 is 10.0 Å². The Morgan fingerprint density at radius 3 is 2.18 bits per heavy atom. The molecule has 142 valence electrons. The average molecular weight is 391 g/mol. The largest absolute Gasteiger partial charge is 0.274 e. The lowest BCUT2D eigenvalue weighted by atomic mass is 9.93. The van der Waals surface area contributed by atoms with Gasteiger partial charge in [-0.25, -0.2) is 8.42 Å². The minimum atomic E-state index is -3.61. The van der Waals surface area contributed by atoms with E-state index in [0.717, 1.165) is 18.5 Å². The first-order chi connectivity index (χ1) is 13.7. The zero-order chi connectivity index (χ0) is 19.1. The maximum atomic E-state index is 13.6. The molecule has 0 aliphatic carbocycles. The zero-order valence-corrected chi connectivity index (χ0v) is 16.3. The molecule has 5 rings (SSSR count). The summed E-state index contributed by atoms with van der Waals surface area (Å²) in [7, 11) is -3.61. The first-order valence-electron chi connectivity index (χ1n) is 9.61. The lowest BCUT2D eigenvalue weighted by Crippen LogP contribution is -2.37. The molecule has 0 N–H and O–H groups in total. The van der Waals surface area contributed by atoms with E-state index in [1.165, 1.54) is 11.1 Å². The Morgan fingerprint density at radius 2 is 1.43 bits per heavy atom. The van der Waals surface area contributed by atoms with Crippen LogP contribution in [0.3, 0.4) is 0 Å². The monoisotopic (exact) mass is 390 g/mol. The van der Waals surface area contributed by atoms with Crippen molar-refractivity contribution in [3.8, 4) is 0 Å². The van der Waals surface area contributed by atoms with E-state index in [1.807, 2.05) is 42.5 Å². The summed E-state index contributed by atoms with van der Waals surface area (Å²) in [4.78, 5) is 2.70. The second-order valence-electron chi connectivity index (χ2n) is 7.37. The van der Waals surface area contributed by atoms with E-state index in [9.17, 15) is 8.42 Å². The molecule has 3 aromatic rings. The Morgan fingerprint density at radius 1 is 0.786 bits per heavy atom. The van der Waals surface area contributed by atoms with Crippen LogP contribution in [0.15, 0.2) is 89.8 Å². The molecule has 2 aliphatic rings. The van der Waals surface area contributed by atoms with Crippen molar-refractivity contribution in [1.82, 2.24) is 9.21 Å². The summed E-state index contributed by atoms with van der Waals surface area (Å²) in [5.74, 6) is 0. The number of hydrogen-bond donors (Lipinski definition) is 0. The van der Waals surface area contributed by atoms with Crippen LogP contribution in [-0.2, 0) is 16.4 Å². The molecule has 0 amide bonds. The van der Waals surface area contributed by atoms with E-state index in [0.29, 0.717) is 11.4 Å². The number of nitrogens with zero attached hydrogens (tertiary/aromatic N) is 2. The van der Waals surface area contributed by atoms with Crippen LogP contribution < -0.4 is 0 Å². The molecule has 0 saturated carbocycles. The predicted octanol–water partition coefficient (Wildman–Crippen LogP) is 3.99. The van der Waals surface area contributed by atoms with Crippen LogP contribution in [0.4, 0.5) is 0 Å². The molecule has 5 heteroatoms. The third-order valence-corrected chi connectivity index (χ3v) is 7.68. The van der Waals surface area contributed by atoms with Crippen molar-refractivity contribution in [2.75, 3.05) is 13.1 Å². The number of sulfonamides is 1. The van der Waals surface area contributed by atoms with Crippen molar-refractivity contribution in [2.45, 2.75) is 23.5 Å². The van der Waals surface area contributed by atoms with Gasteiger partial charge < -0.3 is 0 Å². The van der Waals surface area contributed by atoms with E-state index in [2.05, 4.69) is 23.1 Å². The first-order valence-corrected chi connectivity index (χ1v) is 11.1. The fraction of sp³-hybridized carbons (Fsp3) is 0.217. The SMILES string of the molecule is O=S(=O)(c1ccccc1)N1C[C@H]2c3ccccc3CCN2[C@H]1c1ccccc1. The number of fused-ring (bicyclic) bond motifs is 3. The Balaban J connectivity index is 1.64. The highest BCUT2D eigenvalue weighted by Gasteiger charge is 2.48. The van der Waals surface area contributed by atoms with E-state index in [-0.39, 0.29) is 12.2 Å². The van der Waals surface area contributed by atoms with E-state index in [4.69, 9.17) is 0 Å². The van der Waals surface area contributed by atoms with E-state index in [1.54, 1.807) is 28.6 Å². The molecular weight excluding hydrogens is 368 g/mol. The molecular formula is C23H22N2O2S.